The van der Waals surface area contributed by atoms with Gasteiger partial charge in [-0.1, -0.05) is 18.2 Å². The van der Waals surface area contributed by atoms with E-state index in [0.29, 0.717) is 68.0 Å². The number of carbonyl (C=O) groups excluding carboxylic acids is 1. The molecule has 49 heavy (non-hydrogen) atoms. The minimum Gasteiger partial charge on any atom is -0.494 e. The van der Waals surface area contributed by atoms with Crippen LogP contribution in [0.3, 0.4) is 0 Å². The van der Waals surface area contributed by atoms with Gasteiger partial charge in [-0.3, -0.25) is 9.88 Å². The number of nitrogens with zero attached hydrogens (tertiary/aromatic N) is 5. The molecule has 2 aromatic carbocycles. The van der Waals surface area contributed by atoms with E-state index in [1.165, 1.54) is 0 Å². The molecule has 0 unspecified atom stereocenters. The van der Waals surface area contributed by atoms with Gasteiger partial charge in [-0.25, -0.2) is 13.6 Å². The maximum atomic E-state index is 17.2. The van der Waals surface area contributed by atoms with E-state index in [0.717, 1.165) is 48.6 Å². The van der Waals surface area contributed by atoms with Gasteiger partial charge in [-0.15, -0.1) is 0 Å². The molecule has 0 spiro atoms. The number of pyridine rings is 1. The van der Waals surface area contributed by atoms with E-state index >= 15 is 4.39 Å². The topological polar surface area (TPSA) is 102 Å². The van der Waals surface area contributed by atoms with Crippen LogP contribution >= 0.6 is 0 Å². The van der Waals surface area contributed by atoms with E-state index < -0.39 is 29.2 Å². The average Bonchev–Trinajstić information content (AvgIpc) is 3.60. The van der Waals surface area contributed by atoms with Crippen molar-refractivity contribution in [1.82, 2.24) is 25.2 Å². The summed E-state index contributed by atoms with van der Waals surface area (Å²) in [6.07, 6.45) is 5.17. The van der Waals surface area contributed by atoms with Gasteiger partial charge in [-0.2, -0.15) is 9.97 Å². The number of benzene rings is 2. The SMILES string of the molecule is CCOc1cc2c3c(cccc3c1)CCCOC(=O)N[C@]1(C)CCCN(C1)c1nc(OC[C@@]34CCCN3C[C@H](F)C4)nc3c(F)c-2ncc13. The summed E-state index contributed by atoms with van der Waals surface area (Å²) in [5.74, 6) is 0.506. The molecule has 0 radical (unpaired) electrons. The van der Waals surface area contributed by atoms with E-state index in [-0.39, 0.29) is 30.4 Å². The van der Waals surface area contributed by atoms with Crippen molar-refractivity contribution >= 4 is 33.6 Å². The molecule has 0 saturated carbocycles. The fourth-order valence-corrected chi connectivity index (χ4v) is 8.52. The number of fused-ring (bicyclic) bond motifs is 7. The summed E-state index contributed by atoms with van der Waals surface area (Å²) in [5, 5.41) is 5.28. The van der Waals surface area contributed by atoms with Crippen LogP contribution in [-0.4, -0.2) is 89.2 Å². The maximum absolute atomic E-state index is 17.2. The predicted octanol–water partition coefficient (Wildman–Crippen LogP) is 6.37. The number of hydrogen-bond acceptors (Lipinski definition) is 9. The third-order valence-electron chi connectivity index (χ3n) is 10.7. The molecule has 10 nitrogen and oxygen atoms in total. The highest BCUT2D eigenvalue weighted by Gasteiger charge is 2.49. The first kappa shape index (κ1) is 31.9. The minimum atomic E-state index is -0.906. The number of anilines is 1. The normalized spacial score (nSPS) is 25.8. The Balaban J connectivity index is 1.31. The lowest BCUT2D eigenvalue weighted by atomic mass is 9.91. The zero-order valence-corrected chi connectivity index (χ0v) is 28.1. The zero-order chi connectivity index (χ0) is 33.8. The second-order valence-corrected chi connectivity index (χ2v) is 14.2. The van der Waals surface area contributed by atoms with Crippen LogP contribution in [-0.2, 0) is 11.2 Å². The van der Waals surface area contributed by atoms with Gasteiger partial charge in [0.05, 0.1) is 29.7 Å². The van der Waals surface area contributed by atoms with Gasteiger partial charge in [0.2, 0.25) is 0 Å². The Hall–Kier alpha value is -4.32. The number of hydrogen-bond donors (Lipinski definition) is 1. The number of alkyl halides is 1. The molecule has 7 heterocycles. The van der Waals surface area contributed by atoms with Crippen LogP contribution in [0.15, 0.2) is 36.5 Å². The molecule has 3 fully saturated rings. The number of ether oxygens (including phenoxy) is 3. The number of aryl methyl sites for hydroxylation is 1. The molecule has 5 aliphatic heterocycles. The van der Waals surface area contributed by atoms with Crippen LogP contribution < -0.4 is 19.7 Å². The van der Waals surface area contributed by atoms with E-state index in [1.54, 1.807) is 6.20 Å². The van der Waals surface area contributed by atoms with E-state index in [4.69, 9.17) is 29.2 Å². The number of aromatic nitrogens is 3. The summed E-state index contributed by atoms with van der Waals surface area (Å²) in [4.78, 5) is 31.5. The van der Waals surface area contributed by atoms with Gasteiger partial charge in [-0.05, 0) is 87.4 Å². The highest BCUT2D eigenvalue weighted by molar-refractivity contribution is 6.01. The third-order valence-corrected chi connectivity index (χ3v) is 10.7. The van der Waals surface area contributed by atoms with Gasteiger partial charge >= 0.3 is 12.1 Å². The van der Waals surface area contributed by atoms with Crippen molar-refractivity contribution in [3.8, 4) is 23.0 Å². The van der Waals surface area contributed by atoms with Crippen LogP contribution in [0.25, 0.3) is 32.9 Å². The zero-order valence-electron chi connectivity index (χ0n) is 28.1. The summed E-state index contributed by atoms with van der Waals surface area (Å²) in [6, 6.07) is 9.79. The molecule has 3 saturated heterocycles. The largest absolute Gasteiger partial charge is 0.494 e. The second-order valence-electron chi connectivity index (χ2n) is 14.2. The van der Waals surface area contributed by atoms with Crippen molar-refractivity contribution in [3.63, 3.8) is 0 Å². The summed E-state index contributed by atoms with van der Waals surface area (Å²) in [7, 11) is 0. The van der Waals surface area contributed by atoms with Crippen molar-refractivity contribution in [3.05, 3.63) is 47.9 Å². The van der Waals surface area contributed by atoms with Gasteiger partial charge in [0.1, 0.15) is 35.6 Å². The molecule has 1 amide bonds. The van der Waals surface area contributed by atoms with Crippen molar-refractivity contribution < 1.29 is 27.8 Å². The van der Waals surface area contributed by atoms with Crippen molar-refractivity contribution in [2.75, 3.05) is 50.9 Å². The molecule has 12 heteroatoms. The molecule has 3 atom stereocenters. The Kier molecular flexibility index (Phi) is 8.16. The molecule has 2 aromatic heterocycles. The Bertz CT molecular complexity index is 1930. The predicted molar refractivity (Wildman–Crippen MR) is 183 cm³/mol. The van der Waals surface area contributed by atoms with E-state index in [1.807, 2.05) is 49.1 Å². The number of nitrogens with one attached hydrogen (secondary N) is 1. The minimum absolute atomic E-state index is 0.0354. The van der Waals surface area contributed by atoms with Gasteiger partial charge in [0.15, 0.2) is 5.82 Å². The lowest BCUT2D eigenvalue weighted by molar-refractivity contribution is 0.107. The molecular formula is C37H42F2N6O4. The average molecular weight is 673 g/mol. The molecular weight excluding hydrogens is 630 g/mol. The van der Waals surface area contributed by atoms with E-state index in [2.05, 4.69) is 10.2 Å². The quantitative estimate of drug-likeness (QED) is 0.259. The second kappa shape index (κ2) is 12.5. The Labute approximate surface area is 284 Å². The van der Waals surface area contributed by atoms with Gasteiger partial charge < -0.3 is 24.4 Å². The molecule has 6 bridgehead atoms. The fraction of sp³-hybridized carbons (Fsp3) is 0.514. The monoisotopic (exact) mass is 672 g/mol. The highest BCUT2D eigenvalue weighted by atomic mass is 19.1. The molecule has 0 aliphatic carbocycles. The number of amides is 1. The van der Waals surface area contributed by atoms with Crippen molar-refractivity contribution in [1.29, 1.82) is 0 Å². The first-order valence-corrected chi connectivity index (χ1v) is 17.5. The first-order valence-electron chi connectivity index (χ1n) is 17.5. The molecule has 258 valence electrons. The third kappa shape index (κ3) is 5.87. The lowest BCUT2D eigenvalue weighted by Crippen LogP contribution is -2.57. The van der Waals surface area contributed by atoms with Crippen LogP contribution in [0.4, 0.5) is 19.4 Å². The Morgan fingerprint density at radius 2 is 2.00 bits per heavy atom. The summed E-state index contributed by atoms with van der Waals surface area (Å²) in [6.45, 7) is 7.08. The number of carbonyl (C=O) groups is 1. The number of alkyl carbamates (subject to hydrolysis) is 1. The van der Waals surface area contributed by atoms with Crippen molar-refractivity contribution in [2.24, 2.45) is 0 Å². The smallest absolute Gasteiger partial charge is 0.407 e. The lowest BCUT2D eigenvalue weighted by Gasteiger charge is -2.41. The molecule has 1 N–H and O–H groups in total. The summed E-state index contributed by atoms with van der Waals surface area (Å²) < 4.78 is 49.7. The molecule has 5 aliphatic rings. The summed E-state index contributed by atoms with van der Waals surface area (Å²) in [5.41, 5.74) is 0.780. The molecule has 4 aromatic rings. The maximum Gasteiger partial charge on any atom is 0.407 e. The van der Waals surface area contributed by atoms with Crippen LogP contribution in [0.5, 0.6) is 11.8 Å². The van der Waals surface area contributed by atoms with E-state index in [9.17, 15) is 9.18 Å². The number of halogens is 2. The standard InChI is InChI=1S/C37H42F2N6O4/c1-3-47-26-16-24-9-4-8-23-10-5-15-48-35(46)43-36(2)11-6-13-44(21-36)33-28-19-40-31(27(17-26)29(23)24)30(39)32(28)41-34(42-33)49-22-37-12-7-14-45(37)20-25(38)18-37/h4,8-9,16-17,19,25H,3,5-7,10-15,18,20-22H2,1-2H3,(H,43,46)/t25-,36-,37+/m1/s1. The number of rotatable bonds is 5. The van der Waals surface area contributed by atoms with Crippen LogP contribution in [0.1, 0.15) is 57.9 Å². The van der Waals surface area contributed by atoms with Crippen LogP contribution in [0.2, 0.25) is 0 Å². The Morgan fingerprint density at radius 1 is 1.12 bits per heavy atom. The fourth-order valence-electron chi connectivity index (χ4n) is 8.52. The van der Waals surface area contributed by atoms with Gasteiger partial charge in [0, 0.05) is 37.8 Å². The first-order chi connectivity index (χ1) is 23.7. The van der Waals surface area contributed by atoms with Crippen LogP contribution in [0, 0.1) is 5.82 Å². The van der Waals surface area contributed by atoms with Crippen molar-refractivity contribution in [2.45, 2.75) is 76.0 Å². The summed E-state index contributed by atoms with van der Waals surface area (Å²) >= 11 is 0. The number of piperidine rings is 1. The Morgan fingerprint density at radius 3 is 2.88 bits per heavy atom. The molecule has 9 rings (SSSR count). The van der Waals surface area contributed by atoms with Gasteiger partial charge in [0.25, 0.3) is 0 Å². The highest BCUT2D eigenvalue weighted by Crippen LogP contribution is 2.42.